The summed E-state index contributed by atoms with van der Waals surface area (Å²) in [6.07, 6.45) is 6.78. The molecule has 1 unspecified atom stereocenters. The molecule has 1 aromatic heterocycles. The molecule has 0 aliphatic carbocycles. The summed E-state index contributed by atoms with van der Waals surface area (Å²) in [5.74, 6) is 0.701. The molecule has 0 aromatic carbocycles. The fourth-order valence-electron chi connectivity index (χ4n) is 2.09. The van der Waals surface area contributed by atoms with E-state index in [0.717, 1.165) is 0 Å². The number of aromatic nitrogens is 2. The largest absolute Gasteiger partial charge is 0.306 e. The minimum Gasteiger partial charge on any atom is -0.306 e. The van der Waals surface area contributed by atoms with Crippen molar-refractivity contribution in [1.29, 1.82) is 0 Å². The zero-order valence-corrected chi connectivity index (χ0v) is 8.40. The first-order chi connectivity index (χ1) is 6.25. The number of hydrogen-bond acceptors (Lipinski definition) is 2. The standard InChI is InChI=1S/C10H17N3/c1-12-5-3-4-9(7-12)10-6-11-13(2)8-10/h6,8-9H,3-5,7H2,1-2H3. The Labute approximate surface area is 79.3 Å². The maximum Gasteiger partial charge on any atom is 0.0524 e. The number of aryl methyl sites for hydroxylation is 1. The van der Waals surface area contributed by atoms with E-state index < -0.39 is 0 Å². The van der Waals surface area contributed by atoms with Crippen molar-refractivity contribution in [2.75, 3.05) is 20.1 Å². The first-order valence-electron chi connectivity index (χ1n) is 4.93. The number of hydrogen-bond donors (Lipinski definition) is 0. The minimum atomic E-state index is 0.701. The summed E-state index contributed by atoms with van der Waals surface area (Å²) in [5.41, 5.74) is 1.40. The van der Waals surface area contributed by atoms with Crippen molar-refractivity contribution in [3.05, 3.63) is 18.0 Å². The molecule has 2 heterocycles. The average molecular weight is 179 g/mol. The van der Waals surface area contributed by atoms with Gasteiger partial charge in [0.1, 0.15) is 0 Å². The van der Waals surface area contributed by atoms with Crippen molar-refractivity contribution in [3.8, 4) is 0 Å². The average Bonchev–Trinajstić information content (AvgIpc) is 2.52. The van der Waals surface area contributed by atoms with Gasteiger partial charge in [-0.3, -0.25) is 4.68 Å². The molecule has 1 aliphatic rings. The molecule has 1 aromatic rings. The Morgan fingerprint density at radius 1 is 1.46 bits per heavy atom. The molecule has 0 spiro atoms. The van der Waals surface area contributed by atoms with Gasteiger partial charge in [-0.1, -0.05) is 0 Å². The Bertz CT molecular complexity index is 279. The lowest BCUT2D eigenvalue weighted by Gasteiger charge is -2.28. The summed E-state index contributed by atoms with van der Waals surface area (Å²) in [4.78, 5) is 2.40. The van der Waals surface area contributed by atoms with Crippen LogP contribution in [0.3, 0.4) is 0 Å². The molecule has 72 valence electrons. The van der Waals surface area contributed by atoms with Gasteiger partial charge in [-0.2, -0.15) is 5.10 Å². The molecular formula is C10H17N3. The molecule has 0 bridgehead atoms. The lowest BCUT2D eigenvalue weighted by Crippen LogP contribution is -2.30. The zero-order chi connectivity index (χ0) is 9.26. The third kappa shape index (κ3) is 1.91. The summed E-state index contributed by atoms with van der Waals surface area (Å²) in [5, 5.41) is 4.22. The molecule has 1 atom stereocenters. The summed E-state index contributed by atoms with van der Waals surface area (Å²) in [6, 6.07) is 0. The summed E-state index contributed by atoms with van der Waals surface area (Å²) >= 11 is 0. The van der Waals surface area contributed by atoms with Gasteiger partial charge < -0.3 is 4.90 Å². The molecular weight excluding hydrogens is 162 g/mol. The van der Waals surface area contributed by atoms with Crippen LogP contribution in [-0.2, 0) is 7.05 Å². The van der Waals surface area contributed by atoms with Crippen LogP contribution < -0.4 is 0 Å². The zero-order valence-electron chi connectivity index (χ0n) is 8.40. The van der Waals surface area contributed by atoms with E-state index in [4.69, 9.17) is 0 Å². The first-order valence-corrected chi connectivity index (χ1v) is 4.93. The van der Waals surface area contributed by atoms with E-state index in [1.807, 2.05) is 17.9 Å². The van der Waals surface area contributed by atoms with Crippen molar-refractivity contribution in [2.24, 2.45) is 7.05 Å². The highest BCUT2D eigenvalue weighted by molar-refractivity contribution is 5.12. The molecule has 3 heteroatoms. The number of nitrogens with zero attached hydrogens (tertiary/aromatic N) is 3. The summed E-state index contributed by atoms with van der Waals surface area (Å²) < 4.78 is 1.89. The second-order valence-corrected chi connectivity index (χ2v) is 4.05. The van der Waals surface area contributed by atoms with Crippen LogP contribution in [0, 0.1) is 0 Å². The van der Waals surface area contributed by atoms with Gasteiger partial charge in [0, 0.05) is 19.8 Å². The van der Waals surface area contributed by atoms with E-state index in [0.29, 0.717) is 5.92 Å². The third-order valence-corrected chi connectivity index (χ3v) is 2.82. The van der Waals surface area contributed by atoms with Gasteiger partial charge >= 0.3 is 0 Å². The summed E-state index contributed by atoms with van der Waals surface area (Å²) in [7, 11) is 4.18. The van der Waals surface area contributed by atoms with Gasteiger partial charge in [-0.05, 0) is 37.9 Å². The summed E-state index contributed by atoms with van der Waals surface area (Å²) in [6.45, 7) is 2.43. The molecule has 13 heavy (non-hydrogen) atoms. The molecule has 1 fully saturated rings. The van der Waals surface area contributed by atoms with E-state index in [1.54, 1.807) is 0 Å². The van der Waals surface area contributed by atoms with Gasteiger partial charge in [0.15, 0.2) is 0 Å². The lowest BCUT2D eigenvalue weighted by atomic mass is 9.93. The Hall–Kier alpha value is -0.830. The quantitative estimate of drug-likeness (QED) is 0.646. The van der Waals surface area contributed by atoms with E-state index in [1.165, 1.54) is 31.5 Å². The molecule has 0 radical (unpaired) electrons. The monoisotopic (exact) mass is 179 g/mol. The fraction of sp³-hybridized carbons (Fsp3) is 0.700. The highest BCUT2D eigenvalue weighted by Gasteiger charge is 2.19. The topological polar surface area (TPSA) is 21.1 Å². The predicted octanol–water partition coefficient (Wildman–Crippen LogP) is 1.23. The van der Waals surface area contributed by atoms with Gasteiger partial charge in [-0.25, -0.2) is 0 Å². The number of likely N-dealkylation sites (tertiary alicyclic amines) is 1. The second-order valence-electron chi connectivity index (χ2n) is 4.05. The maximum atomic E-state index is 4.22. The molecule has 2 rings (SSSR count). The van der Waals surface area contributed by atoms with Gasteiger partial charge in [-0.15, -0.1) is 0 Å². The van der Waals surface area contributed by atoms with Crippen LogP contribution in [0.1, 0.15) is 24.3 Å². The van der Waals surface area contributed by atoms with Crippen LogP contribution in [0.2, 0.25) is 0 Å². The fourth-order valence-corrected chi connectivity index (χ4v) is 2.09. The molecule has 1 saturated heterocycles. The van der Waals surface area contributed by atoms with Gasteiger partial charge in [0.25, 0.3) is 0 Å². The van der Waals surface area contributed by atoms with E-state index in [2.05, 4.69) is 23.2 Å². The second kappa shape index (κ2) is 3.50. The third-order valence-electron chi connectivity index (χ3n) is 2.82. The van der Waals surface area contributed by atoms with E-state index >= 15 is 0 Å². The molecule has 3 nitrogen and oxygen atoms in total. The van der Waals surface area contributed by atoms with Crippen molar-refractivity contribution >= 4 is 0 Å². The molecule has 1 aliphatic heterocycles. The van der Waals surface area contributed by atoms with Crippen molar-refractivity contribution < 1.29 is 0 Å². The molecule has 0 saturated carbocycles. The molecule has 0 amide bonds. The Balaban J connectivity index is 2.08. The highest BCUT2D eigenvalue weighted by atomic mass is 15.2. The Morgan fingerprint density at radius 2 is 2.31 bits per heavy atom. The van der Waals surface area contributed by atoms with Crippen LogP contribution in [-0.4, -0.2) is 34.8 Å². The van der Waals surface area contributed by atoms with Crippen LogP contribution in [0.4, 0.5) is 0 Å². The van der Waals surface area contributed by atoms with Crippen molar-refractivity contribution in [2.45, 2.75) is 18.8 Å². The van der Waals surface area contributed by atoms with Gasteiger partial charge in [0.2, 0.25) is 0 Å². The maximum absolute atomic E-state index is 4.22. The van der Waals surface area contributed by atoms with Gasteiger partial charge in [0.05, 0.1) is 6.20 Å². The highest BCUT2D eigenvalue weighted by Crippen LogP contribution is 2.25. The van der Waals surface area contributed by atoms with E-state index in [9.17, 15) is 0 Å². The number of piperidine rings is 1. The predicted molar refractivity (Wildman–Crippen MR) is 52.7 cm³/mol. The van der Waals surface area contributed by atoms with Crippen LogP contribution in [0.5, 0.6) is 0 Å². The van der Waals surface area contributed by atoms with Crippen molar-refractivity contribution in [3.63, 3.8) is 0 Å². The number of likely N-dealkylation sites (N-methyl/N-ethyl adjacent to an activating group) is 1. The van der Waals surface area contributed by atoms with E-state index in [-0.39, 0.29) is 0 Å². The smallest absolute Gasteiger partial charge is 0.0524 e. The van der Waals surface area contributed by atoms with Crippen LogP contribution in [0.15, 0.2) is 12.4 Å². The first kappa shape index (κ1) is 8.75. The SMILES string of the molecule is CN1CCCC(c2cnn(C)c2)C1. The normalized spacial score (nSPS) is 24.9. The Morgan fingerprint density at radius 3 is 2.92 bits per heavy atom. The van der Waals surface area contributed by atoms with Crippen LogP contribution in [0.25, 0.3) is 0 Å². The van der Waals surface area contributed by atoms with Crippen molar-refractivity contribution in [1.82, 2.24) is 14.7 Å². The number of rotatable bonds is 1. The Kier molecular flexibility index (Phi) is 2.36. The minimum absolute atomic E-state index is 0.701. The molecule has 0 N–H and O–H groups in total. The lowest BCUT2D eigenvalue weighted by molar-refractivity contribution is 0.251. The van der Waals surface area contributed by atoms with Crippen LogP contribution >= 0.6 is 0 Å².